The van der Waals surface area contributed by atoms with Crippen molar-refractivity contribution < 1.29 is 21.7 Å². The van der Waals surface area contributed by atoms with Crippen molar-refractivity contribution in [2.75, 3.05) is 20.6 Å². The SMILES string of the molecule is C=C(C)C(=O)NC(CC)[N+](C)(C)CCCCCCCCCCCCCCCC.[Cl-]. The van der Waals surface area contributed by atoms with E-state index in [9.17, 15) is 4.79 Å². The van der Waals surface area contributed by atoms with Crippen molar-refractivity contribution in [1.29, 1.82) is 0 Å². The number of halogens is 1. The van der Waals surface area contributed by atoms with E-state index in [0.29, 0.717) is 5.57 Å². The third-order valence-electron chi connectivity index (χ3n) is 6.00. The van der Waals surface area contributed by atoms with Gasteiger partial charge in [0.05, 0.1) is 20.6 Å². The van der Waals surface area contributed by atoms with Gasteiger partial charge in [0.1, 0.15) is 0 Å². The number of amides is 1. The summed E-state index contributed by atoms with van der Waals surface area (Å²) >= 11 is 0. The first-order valence-corrected chi connectivity index (χ1v) is 12.1. The molecule has 1 atom stereocenters. The zero-order valence-corrected chi connectivity index (χ0v) is 21.1. The van der Waals surface area contributed by atoms with Crippen molar-refractivity contribution >= 4 is 5.91 Å². The van der Waals surface area contributed by atoms with Crippen LogP contribution in [0.3, 0.4) is 0 Å². The van der Waals surface area contributed by atoms with Crippen LogP contribution in [0.15, 0.2) is 12.2 Å². The fraction of sp³-hybridized carbons (Fsp3) is 0.880. The average molecular weight is 431 g/mol. The van der Waals surface area contributed by atoms with Gasteiger partial charge in [-0.15, -0.1) is 0 Å². The number of carbonyl (C=O) groups is 1. The summed E-state index contributed by atoms with van der Waals surface area (Å²) in [6, 6.07) is 0. The van der Waals surface area contributed by atoms with Crippen molar-refractivity contribution in [3.05, 3.63) is 12.2 Å². The molecule has 29 heavy (non-hydrogen) atoms. The van der Waals surface area contributed by atoms with Gasteiger partial charge in [0.25, 0.3) is 5.91 Å². The molecule has 0 bridgehead atoms. The van der Waals surface area contributed by atoms with Crippen LogP contribution in [0.25, 0.3) is 0 Å². The van der Waals surface area contributed by atoms with E-state index < -0.39 is 0 Å². The van der Waals surface area contributed by atoms with Crippen LogP contribution >= 0.6 is 0 Å². The molecule has 0 aliphatic heterocycles. The molecular weight excluding hydrogens is 380 g/mol. The summed E-state index contributed by atoms with van der Waals surface area (Å²) in [5.74, 6) is -0.0148. The summed E-state index contributed by atoms with van der Waals surface area (Å²) in [5, 5.41) is 3.14. The largest absolute Gasteiger partial charge is 1.00 e. The van der Waals surface area contributed by atoms with Crippen molar-refractivity contribution in [3.8, 4) is 0 Å². The fourth-order valence-electron chi connectivity index (χ4n) is 3.92. The van der Waals surface area contributed by atoms with Gasteiger partial charge in [-0.1, -0.05) is 97.5 Å². The summed E-state index contributed by atoms with van der Waals surface area (Å²) in [7, 11) is 4.46. The Hall–Kier alpha value is -0.540. The Morgan fingerprint density at radius 1 is 0.793 bits per heavy atom. The molecule has 0 spiro atoms. The maximum absolute atomic E-state index is 11.9. The number of nitrogens with zero attached hydrogens (tertiary/aromatic N) is 1. The van der Waals surface area contributed by atoms with Gasteiger partial charge in [0.2, 0.25) is 0 Å². The Balaban J connectivity index is 0. The predicted molar refractivity (Wildman–Crippen MR) is 124 cm³/mol. The molecular formula is C25H51ClN2O. The molecule has 0 fully saturated rings. The molecule has 0 rings (SSSR count). The van der Waals surface area contributed by atoms with Gasteiger partial charge >= 0.3 is 0 Å². The van der Waals surface area contributed by atoms with Gasteiger partial charge in [0, 0.05) is 12.0 Å². The molecule has 0 aliphatic carbocycles. The normalized spacial score (nSPS) is 12.3. The second-order valence-corrected chi connectivity index (χ2v) is 9.28. The minimum Gasteiger partial charge on any atom is -1.00 e. The lowest BCUT2D eigenvalue weighted by atomic mass is 10.0. The number of carbonyl (C=O) groups excluding carboxylic acids is 1. The van der Waals surface area contributed by atoms with Gasteiger partial charge < -0.3 is 22.2 Å². The van der Waals surface area contributed by atoms with Crippen LogP contribution < -0.4 is 17.7 Å². The van der Waals surface area contributed by atoms with Crippen LogP contribution in [-0.4, -0.2) is 37.2 Å². The van der Waals surface area contributed by atoms with E-state index in [-0.39, 0.29) is 24.5 Å². The standard InChI is InChI=1S/C25H50N2O.ClH/c1-7-9-10-11-12-13-14-15-16-17-18-19-20-21-22-27(5,6)24(8-2)26-25(28)23(3)4;/h24H,3,7-22H2,1-2,4-6H3;1H. The number of rotatable bonds is 19. The maximum Gasteiger partial charge on any atom is 0.250 e. The summed E-state index contributed by atoms with van der Waals surface area (Å²) in [6.07, 6.45) is 20.6. The van der Waals surface area contributed by atoms with Gasteiger partial charge in [0.15, 0.2) is 6.17 Å². The fourth-order valence-corrected chi connectivity index (χ4v) is 3.92. The van der Waals surface area contributed by atoms with Crippen LogP contribution in [0, 0.1) is 0 Å². The molecule has 174 valence electrons. The van der Waals surface area contributed by atoms with Gasteiger partial charge in [-0.3, -0.25) is 4.79 Å². The molecule has 4 heteroatoms. The quantitative estimate of drug-likeness (QED) is 0.143. The number of hydrogen-bond acceptors (Lipinski definition) is 1. The Morgan fingerprint density at radius 3 is 1.52 bits per heavy atom. The number of nitrogens with one attached hydrogen (secondary N) is 1. The highest BCUT2D eigenvalue weighted by molar-refractivity contribution is 5.92. The lowest BCUT2D eigenvalue weighted by Gasteiger charge is -2.38. The topological polar surface area (TPSA) is 29.1 Å². The summed E-state index contributed by atoms with van der Waals surface area (Å²) < 4.78 is 0.855. The van der Waals surface area contributed by atoms with Crippen LogP contribution in [0.2, 0.25) is 0 Å². The summed E-state index contributed by atoms with van der Waals surface area (Å²) in [6.45, 7) is 11.1. The molecule has 0 saturated carbocycles. The van der Waals surface area contributed by atoms with E-state index in [1.165, 1.54) is 89.9 Å². The molecule has 1 N–H and O–H groups in total. The molecule has 0 aromatic carbocycles. The lowest BCUT2D eigenvalue weighted by molar-refractivity contribution is -0.917. The lowest BCUT2D eigenvalue weighted by Crippen LogP contribution is -3.00. The molecule has 1 amide bonds. The smallest absolute Gasteiger partial charge is 0.250 e. The van der Waals surface area contributed by atoms with Crippen LogP contribution in [0.4, 0.5) is 0 Å². The average Bonchev–Trinajstić information content (AvgIpc) is 2.65. The zero-order chi connectivity index (χ0) is 21.3. The van der Waals surface area contributed by atoms with E-state index in [2.05, 4.69) is 39.8 Å². The minimum absolute atomic E-state index is 0. The van der Waals surface area contributed by atoms with Crippen LogP contribution in [-0.2, 0) is 4.79 Å². The van der Waals surface area contributed by atoms with E-state index in [0.717, 1.165) is 17.4 Å². The van der Waals surface area contributed by atoms with E-state index in [1.807, 2.05) is 0 Å². The predicted octanol–water partition coefficient (Wildman–Crippen LogP) is 3.98. The second-order valence-electron chi connectivity index (χ2n) is 9.28. The van der Waals surface area contributed by atoms with Crippen molar-refractivity contribution in [3.63, 3.8) is 0 Å². The third-order valence-corrected chi connectivity index (χ3v) is 6.00. The highest BCUT2D eigenvalue weighted by Crippen LogP contribution is 2.15. The number of unbranched alkanes of at least 4 members (excludes halogenated alkanes) is 13. The van der Waals surface area contributed by atoms with Crippen molar-refractivity contribution in [1.82, 2.24) is 5.32 Å². The summed E-state index contributed by atoms with van der Waals surface area (Å²) in [5.41, 5.74) is 0.593. The Morgan fingerprint density at radius 2 is 1.17 bits per heavy atom. The monoisotopic (exact) mass is 430 g/mol. The van der Waals surface area contributed by atoms with Gasteiger partial charge in [-0.25, -0.2) is 0 Å². The first kappa shape index (κ1) is 30.7. The second kappa shape index (κ2) is 19.4. The van der Waals surface area contributed by atoms with E-state index in [4.69, 9.17) is 0 Å². The Kier molecular flexibility index (Phi) is 20.5. The number of quaternary nitrogens is 1. The van der Waals surface area contributed by atoms with Gasteiger partial charge in [-0.2, -0.15) is 0 Å². The van der Waals surface area contributed by atoms with Gasteiger partial charge in [-0.05, 0) is 19.8 Å². The highest BCUT2D eigenvalue weighted by atomic mass is 35.5. The van der Waals surface area contributed by atoms with Crippen LogP contribution in [0.1, 0.15) is 117 Å². The number of hydrogen-bond donors (Lipinski definition) is 1. The summed E-state index contributed by atoms with van der Waals surface area (Å²) in [4.78, 5) is 11.9. The van der Waals surface area contributed by atoms with Crippen molar-refractivity contribution in [2.45, 2.75) is 123 Å². The molecule has 0 saturated heterocycles. The van der Waals surface area contributed by atoms with E-state index in [1.54, 1.807) is 6.92 Å². The molecule has 3 nitrogen and oxygen atoms in total. The van der Waals surface area contributed by atoms with E-state index >= 15 is 0 Å². The first-order valence-electron chi connectivity index (χ1n) is 12.1. The molecule has 0 aromatic heterocycles. The maximum atomic E-state index is 11.9. The molecule has 0 aromatic rings. The highest BCUT2D eigenvalue weighted by Gasteiger charge is 2.27. The molecule has 0 heterocycles. The van der Waals surface area contributed by atoms with Crippen molar-refractivity contribution in [2.24, 2.45) is 0 Å². The molecule has 0 radical (unpaired) electrons. The van der Waals surface area contributed by atoms with Crippen LogP contribution in [0.5, 0.6) is 0 Å². The minimum atomic E-state index is -0.0148. The third kappa shape index (κ3) is 16.9. The molecule has 0 aliphatic rings. The first-order chi connectivity index (χ1) is 13.3. The molecule has 1 unspecified atom stereocenters. The Bertz CT molecular complexity index is 410. The Labute approximate surface area is 189 Å². The zero-order valence-electron chi connectivity index (χ0n) is 20.3.